The smallest absolute Gasteiger partial charge is 0.0568 e. The van der Waals surface area contributed by atoms with Gasteiger partial charge in [-0.25, -0.2) is 0 Å². The number of allylic oxidation sites excluding steroid dienone is 2. The number of rotatable bonds is 1. The monoisotopic (exact) mass is 359 g/mol. The number of anilines is 1. The van der Waals surface area contributed by atoms with Gasteiger partial charge in [0.25, 0.3) is 0 Å². The van der Waals surface area contributed by atoms with Gasteiger partial charge in [0, 0.05) is 21.1 Å². The summed E-state index contributed by atoms with van der Waals surface area (Å²) in [4.78, 5) is 0. The van der Waals surface area contributed by atoms with Gasteiger partial charge in [-0.15, -0.1) is 0 Å². The summed E-state index contributed by atoms with van der Waals surface area (Å²) in [7, 11) is 0. The molecule has 0 saturated heterocycles. The Hall–Kier alpha value is -1.25. The Balaban J connectivity index is 1.82. The third-order valence-electron chi connectivity index (χ3n) is 4.57. The van der Waals surface area contributed by atoms with E-state index in [1.165, 1.54) is 16.8 Å². The van der Waals surface area contributed by atoms with Gasteiger partial charge in [-0.1, -0.05) is 57.9 Å². The molecule has 21 heavy (non-hydrogen) atoms. The first-order chi connectivity index (χ1) is 10.2. The van der Waals surface area contributed by atoms with Crippen LogP contribution in [-0.2, 0) is 0 Å². The lowest BCUT2D eigenvalue weighted by Gasteiger charge is -2.38. The standard InChI is InChI=1S/C18H15BrClN/c19-11-8-9-17-15(10-11)12-5-3-6-13(12)18(21-17)14-4-1-2-7-16(14)20/h1-5,7-10,12-13,18,21H,6H2. The normalized spacial score (nSPS) is 26.1. The van der Waals surface area contributed by atoms with Crippen LogP contribution in [0, 0.1) is 5.92 Å². The van der Waals surface area contributed by atoms with Crippen molar-refractivity contribution in [3.8, 4) is 0 Å². The van der Waals surface area contributed by atoms with E-state index in [0.717, 1.165) is 15.9 Å². The second kappa shape index (κ2) is 5.19. The second-order valence-corrected chi connectivity index (χ2v) is 7.05. The fourth-order valence-electron chi connectivity index (χ4n) is 3.60. The molecular formula is C18H15BrClN. The number of benzene rings is 2. The van der Waals surface area contributed by atoms with E-state index >= 15 is 0 Å². The fourth-order valence-corrected chi connectivity index (χ4v) is 4.23. The Morgan fingerprint density at radius 1 is 1.10 bits per heavy atom. The summed E-state index contributed by atoms with van der Waals surface area (Å²) < 4.78 is 1.14. The summed E-state index contributed by atoms with van der Waals surface area (Å²) in [5.41, 5.74) is 3.80. The third kappa shape index (κ3) is 2.21. The van der Waals surface area contributed by atoms with E-state index in [2.05, 4.69) is 63.7 Å². The van der Waals surface area contributed by atoms with Gasteiger partial charge in [-0.2, -0.15) is 0 Å². The molecule has 1 aliphatic heterocycles. The van der Waals surface area contributed by atoms with E-state index in [-0.39, 0.29) is 6.04 Å². The molecule has 2 aliphatic rings. The predicted octanol–water partition coefficient (Wildman–Crippen LogP) is 5.93. The maximum Gasteiger partial charge on any atom is 0.0568 e. The second-order valence-electron chi connectivity index (χ2n) is 5.73. The molecule has 0 bridgehead atoms. The van der Waals surface area contributed by atoms with Gasteiger partial charge in [-0.05, 0) is 47.7 Å². The molecule has 0 spiro atoms. The largest absolute Gasteiger partial charge is 0.378 e. The highest BCUT2D eigenvalue weighted by atomic mass is 79.9. The van der Waals surface area contributed by atoms with Crippen LogP contribution in [0.2, 0.25) is 5.02 Å². The van der Waals surface area contributed by atoms with Crippen LogP contribution in [0.3, 0.4) is 0 Å². The number of halogens is 2. The van der Waals surface area contributed by atoms with Crippen LogP contribution in [0.1, 0.15) is 29.5 Å². The van der Waals surface area contributed by atoms with Crippen LogP contribution in [0.25, 0.3) is 0 Å². The first-order valence-electron chi connectivity index (χ1n) is 7.21. The fraction of sp³-hybridized carbons (Fsp3) is 0.222. The van der Waals surface area contributed by atoms with E-state index in [0.29, 0.717) is 11.8 Å². The topological polar surface area (TPSA) is 12.0 Å². The van der Waals surface area contributed by atoms with Gasteiger partial charge in [0.1, 0.15) is 0 Å². The number of nitrogens with one attached hydrogen (secondary N) is 1. The molecule has 106 valence electrons. The summed E-state index contributed by atoms with van der Waals surface area (Å²) in [5, 5.41) is 4.56. The first-order valence-corrected chi connectivity index (χ1v) is 8.38. The van der Waals surface area contributed by atoms with Crippen LogP contribution in [-0.4, -0.2) is 0 Å². The molecule has 1 N–H and O–H groups in total. The van der Waals surface area contributed by atoms with Crippen molar-refractivity contribution in [3.63, 3.8) is 0 Å². The van der Waals surface area contributed by atoms with Crippen molar-refractivity contribution < 1.29 is 0 Å². The molecule has 0 fully saturated rings. The zero-order chi connectivity index (χ0) is 14.4. The molecule has 2 aromatic rings. The lowest BCUT2D eigenvalue weighted by Crippen LogP contribution is -2.29. The molecule has 4 rings (SSSR count). The van der Waals surface area contributed by atoms with Gasteiger partial charge < -0.3 is 5.32 Å². The van der Waals surface area contributed by atoms with Gasteiger partial charge in [-0.3, -0.25) is 0 Å². The molecule has 1 nitrogen and oxygen atoms in total. The van der Waals surface area contributed by atoms with Gasteiger partial charge in [0.05, 0.1) is 6.04 Å². The number of hydrogen-bond donors (Lipinski definition) is 1. The maximum absolute atomic E-state index is 6.43. The quantitative estimate of drug-likeness (QED) is 0.622. The molecule has 3 unspecified atom stereocenters. The van der Waals surface area contributed by atoms with Crippen LogP contribution < -0.4 is 5.32 Å². The Labute approximate surface area is 138 Å². The molecule has 2 aromatic carbocycles. The van der Waals surface area contributed by atoms with Crippen LogP contribution in [0.5, 0.6) is 0 Å². The zero-order valence-electron chi connectivity index (χ0n) is 11.4. The molecule has 3 heteroatoms. The highest BCUT2D eigenvalue weighted by molar-refractivity contribution is 9.10. The van der Waals surface area contributed by atoms with Crippen molar-refractivity contribution in [2.75, 3.05) is 5.32 Å². The average molecular weight is 361 g/mol. The minimum absolute atomic E-state index is 0.271. The highest BCUT2D eigenvalue weighted by Crippen LogP contribution is 2.51. The van der Waals surface area contributed by atoms with E-state index in [1.807, 2.05) is 12.1 Å². The van der Waals surface area contributed by atoms with Crippen molar-refractivity contribution >= 4 is 33.2 Å². The van der Waals surface area contributed by atoms with Crippen molar-refractivity contribution in [1.29, 1.82) is 0 Å². The predicted molar refractivity (Wildman–Crippen MR) is 91.9 cm³/mol. The molecule has 0 radical (unpaired) electrons. The summed E-state index contributed by atoms with van der Waals surface area (Å²) in [6.45, 7) is 0. The summed E-state index contributed by atoms with van der Waals surface area (Å²) >= 11 is 10.0. The van der Waals surface area contributed by atoms with Crippen molar-refractivity contribution in [1.82, 2.24) is 0 Å². The Morgan fingerprint density at radius 3 is 2.81 bits per heavy atom. The lowest BCUT2D eigenvalue weighted by atomic mass is 9.77. The zero-order valence-corrected chi connectivity index (χ0v) is 13.7. The summed E-state index contributed by atoms with van der Waals surface area (Å²) in [6, 6.07) is 14.9. The molecule has 0 amide bonds. The molecule has 1 aliphatic carbocycles. The highest BCUT2D eigenvalue weighted by Gasteiger charge is 2.38. The summed E-state index contributed by atoms with van der Waals surface area (Å²) in [6.07, 6.45) is 5.75. The van der Waals surface area contributed by atoms with Crippen LogP contribution in [0.4, 0.5) is 5.69 Å². The molecule has 0 aromatic heterocycles. The Kier molecular flexibility index (Phi) is 3.31. The van der Waals surface area contributed by atoms with E-state index in [9.17, 15) is 0 Å². The van der Waals surface area contributed by atoms with Gasteiger partial charge in [0.2, 0.25) is 0 Å². The van der Waals surface area contributed by atoms with Crippen molar-refractivity contribution in [2.45, 2.75) is 18.4 Å². The van der Waals surface area contributed by atoms with Crippen molar-refractivity contribution in [2.24, 2.45) is 5.92 Å². The number of fused-ring (bicyclic) bond motifs is 3. The molecular weight excluding hydrogens is 346 g/mol. The number of hydrogen-bond acceptors (Lipinski definition) is 1. The lowest BCUT2D eigenvalue weighted by molar-refractivity contribution is 0.425. The summed E-state index contributed by atoms with van der Waals surface area (Å²) in [5.74, 6) is 1.01. The minimum atomic E-state index is 0.271. The first kappa shape index (κ1) is 13.4. The Morgan fingerprint density at radius 2 is 1.95 bits per heavy atom. The molecule has 1 heterocycles. The van der Waals surface area contributed by atoms with Gasteiger partial charge in [0.15, 0.2) is 0 Å². The van der Waals surface area contributed by atoms with Crippen molar-refractivity contribution in [3.05, 3.63) is 75.2 Å². The van der Waals surface area contributed by atoms with Crippen LogP contribution in [0.15, 0.2) is 59.1 Å². The van der Waals surface area contributed by atoms with Gasteiger partial charge >= 0.3 is 0 Å². The van der Waals surface area contributed by atoms with Crippen LogP contribution >= 0.6 is 27.5 Å². The third-order valence-corrected chi connectivity index (χ3v) is 5.40. The van der Waals surface area contributed by atoms with E-state index in [1.54, 1.807) is 0 Å². The minimum Gasteiger partial charge on any atom is -0.378 e. The Bertz CT molecular complexity index is 725. The average Bonchev–Trinajstić information content (AvgIpc) is 2.97. The van der Waals surface area contributed by atoms with E-state index in [4.69, 9.17) is 11.6 Å². The molecule has 3 atom stereocenters. The molecule has 0 saturated carbocycles. The maximum atomic E-state index is 6.43. The van der Waals surface area contributed by atoms with E-state index < -0.39 is 0 Å². The SMILES string of the molecule is Clc1ccccc1C1Nc2ccc(Br)cc2C2C=CCC21.